The maximum Gasteiger partial charge on any atom is 0.435 e. The van der Waals surface area contributed by atoms with Crippen LogP contribution in [-0.4, -0.2) is 36.4 Å². The molecule has 0 saturated carbocycles. The molecule has 0 saturated heterocycles. The molecular weight excluding hydrogens is 476 g/mol. The number of fused-ring (bicyclic) bond motifs is 3. The zero-order valence-corrected chi connectivity index (χ0v) is 19.7. The monoisotopic (exact) mass is 498 g/mol. The third-order valence-corrected chi connectivity index (χ3v) is 5.94. The smallest absolute Gasteiger partial charge is 0.385 e. The molecule has 0 radical (unpaired) electrons. The van der Waals surface area contributed by atoms with Crippen LogP contribution < -0.4 is 5.32 Å². The summed E-state index contributed by atoms with van der Waals surface area (Å²) >= 11 is 0. The van der Waals surface area contributed by atoms with Gasteiger partial charge in [-0.3, -0.25) is 4.98 Å². The largest absolute Gasteiger partial charge is 0.435 e. The lowest BCUT2D eigenvalue weighted by atomic mass is 9.99. The van der Waals surface area contributed by atoms with E-state index in [0.29, 0.717) is 52.3 Å². The summed E-state index contributed by atoms with van der Waals surface area (Å²) in [7, 11) is 0. The molecule has 7 nitrogen and oxygen atoms in total. The summed E-state index contributed by atoms with van der Waals surface area (Å²) in [5.41, 5.74) is 1.85. The zero-order valence-electron chi connectivity index (χ0n) is 19.7. The fourth-order valence-electron chi connectivity index (χ4n) is 4.35. The average Bonchev–Trinajstić information content (AvgIpc) is 3.44. The predicted molar refractivity (Wildman–Crippen MR) is 125 cm³/mol. The van der Waals surface area contributed by atoms with Gasteiger partial charge in [-0.1, -0.05) is 0 Å². The summed E-state index contributed by atoms with van der Waals surface area (Å²) in [5.74, 6) is -0.300. The Kier molecular flexibility index (Phi) is 5.55. The Morgan fingerprint density at radius 1 is 1.06 bits per heavy atom. The molecule has 0 bridgehead atoms. The number of rotatable bonds is 5. The molecule has 0 amide bonds. The Balaban J connectivity index is 1.77. The minimum absolute atomic E-state index is 0.183. The molecule has 3 aromatic heterocycles. The fraction of sp³-hybridized carbons (Fsp3) is 0.280. The number of hydrogen-bond donors (Lipinski definition) is 2. The quantitative estimate of drug-likeness (QED) is 0.328. The molecule has 3 heterocycles. The number of halogens is 4. The Bertz CT molecular complexity index is 1460. The molecule has 0 spiro atoms. The van der Waals surface area contributed by atoms with Crippen molar-refractivity contribution in [1.82, 2.24) is 24.7 Å². The third kappa shape index (κ3) is 4.09. The number of anilines is 1. The highest BCUT2D eigenvalue weighted by Gasteiger charge is 2.35. The van der Waals surface area contributed by atoms with Gasteiger partial charge in [-0.15, -0.1) is 0 Å². The molecule has 4 aromatic rings. The van der Waals surface area contributed by atoms with Crippen molar-refractivity contribution in [3.8, 4) is 27.9 Å². The molecule has 2 N–H and O–H groups in total. The van der Waals surface area contributed by atoms with Crippen molar-refractivity contribution in [1.29, 1.82) is 0 Å². The topological polar surface area (TPSA) is 88.8 Å². The van der Waals surface area contributed by atoms with Crippen LogP contribution in [0.25, 0.3) is 27.9 Å². The van der Waals surface area contributed by atoms with Crippen LogP contribution >= 0.6 is 0 Å². The van der Waals surface area contributed by atoms with E-state index < -0.39 is 23.3 Å². The molecule has 11 heteroatoms. The van der Waals surface area contributed by atoms with Crippen LogP contribution in [-0.2, 0) is 18.2 Å². The van der Waals surface area contributed by atoms with E-state index in [2.05, 4.69) is 25.4 Å². The maximum absolute atomic E-state index is 14.6. The summed E-state index contributed by atoms with van der Waals surface area (Å²) in [4.78, 5) is 13.0. The van der Waals surface area contributed by atoms with Gasteiger partial charge < -0.3 is 10.4 Å². The van der Waals surface area contributed by atoms with Crippen LogP contribution in [0.4, 0.5) is 23.2 Å². The summed E-state index contributed by atoms with van der Waals surface area (Å²) in [6, 6.07) is 3.64. The van der Waals surface area contributed by atoms with Gasteiger partial charge >= 0.3 is 6.18 Å². The lowest BCUT2D eigenvalue weighted by Gasteiger charge is -2.17. The molecule has 1 aliphatic carbocycles. The van der Waals surface area contributed by atoms with Gasteiger partial charge in [-0.25, -0.2) is 19.0 Å². The van der Waals surface area contributed by atoms with E-state index in [4.69, 9.17) is 0 Å². The molecule has 0 aliphatic heterocycles. The van der Waals surface area contributed by atoms with Gasteiger partial charge in [0.2, 0.25) is 0 Å². The first-order valence-corrected chi connectivity index (χ1v) is 11.2. The highest BCUT2D eigenvalue weighted by Crippen LogP contribution is 2.46. The van der Waals surface area contributed by atoms with E-state index in [1.54, 1.807) is 13.8 Å². The molecular formula is C25H22F4N6O. The first-order valence-electron chi connectivity index (χ1n) is 11.2. The molecule has 1 aromatic carbocycles. The number of nitrogens with zero attached hydrogens (tertiary/aromatic N) is 5. The lowest BCUT2D eigenvalue weighted by molar-refractivity contribution is -0.141. The Hall–Kier alpha value is -3.86. The molecule has 5 rings (SSSR count). The van der Waals surface area contributed by atoms with E-state index in [1.165, 1.54) is 36.9 Å². The molecule has 0 atom stereocenters. The summed E-state index contributed by atoms with van der Waals surface area (Å²) in [5, 5.41) is 17.1. The fourth-order valence-corrected chi connectivity index (χ4v) is 4.35. The van der Waals surface area contributed by atoms with Gasteiger partial charge in [-0.05, 0) is 50.1 Å². The number of hydrogen-bond acceptors (Lipinski definition) is 6. The lowest BCUT2D eigenvalue weighted by Crippen LogP contribution is -2.19. The van der Waals surface area contributed by atoms with Crippen LogP contribution in [0.15, 0.2) is 43.0 Å². The van der Waals surface area contributed by atoms with Crippen LogP contribution in [0.3, 0.4) is 0 Å². The summed E-state index contributed by atoms with van der Waals surface area (Å²) < 4.78 is 56.0. The molecule has 1 aliphatic rings. The van der Waals surface area contributed by atoms with Crippen LogP contribution in [0, 0.1) is 5.82 Å². The highest BCUT2D eigenvalue weighted by atomic mass is 19.4. The van der Waals surface area contributed by atoms with Crippen molar-refractivity contribution in [3.05, 3.63) is 71.6 Å². The van der Waals surface area contributed by atoms with Crippen molar-refractivity contribution in [3.63, 3.8) is 0 Å². The van der Waals surface area contributed by atoms with Crippen molar-refractivity contribution < 1.29 is 22.7 Å². The molecule has 186 valence electrons. The third-order valence-electron chi connectivity index (χ3n) is 5.94. The normalized spacial score (nSPS) is 13.0. The first-order chi connectivity index (χ1) is 17.0. The van der Waals surface area contributed by atoms with Gasteiger partial charge in [0.15, 0.2) is 11.5 Å². The summed E-state index contributed by atoms with van der Waals surface area (Å²) in [6.45, 7) is 5.54. The van der Waals surface area contributed by atoms with Crippen molar-refractivity contribution >= 4 is 5.69 Å². The number of aliphatic hydroxyl groups is 1. The summed E-state index contributed by atoms with van der Waals surface area (Å²) in [6.07, 6.45) is 1.42. The number of alkyl halides is 3. The Morgan fingerprint density at radius 2 is 1.78 bits per heavy atom. The highest BCUT2D eigenvalue weighted by molar-refractivity contribution is 5.91. The maximum atomic E-state index is 14.6. The average molecular weight is 498 g/mol. The molecule has 0 unspecified atom stereocenters. The second kappa shape index (κ2) is 8.37. The van der Waals surface area contributed by atoms with Gasteiger partial charge in [0.1, 0.15) is 11.4 Å². The van der Waals surface area contributed by atoms with E-state index in [9.17, 15) is 22.7 Å². The first kappa shape index (κ1) is 23.9. The Morgan fingerprint density at radius 3 is 2.39 bits per heavy atom. The second-order valence-corrected chi connectivity index (χ2v) is 9.03. The minimum Gasteiger partial charge on any atom is -0.385 e. The molecule has 36 heavy (non-hydrogen) atoms. The van der Waals surface area contributed by atoms with Gasteiger partial charge in [0.05, 0.1) is 11.4 Å². The standard InChI is InChI=1S/C25H22F4N6O/c1-4-30-18-8-14(26)7-16-15(18)9-19-21(16)22(35-6-5-20(34-35)25(27,28)29)17(12-31-19)13-10-32-23(33-11-13)24(2,3)36/h5-8,10-12,30,36H,4,9H2,1-3H3. The van der Waals surface area contributed by atoms with Crippen LogP contribution in [0.5, 0.6) is 0 Å². The number of benzene rings is 1. The zero-order chi connectivity index (χ0) is 25.8. The van der Waals surface area contributed by atoms with E-state index in [-0.39, 0.29) is 5.82 Å². The van der Waals surface area contributed by atoms with Crippen molar-refractivity contribution in [2.75, 3.05) is 11.9 Å². The van der Waals surface area contributed by atoms with Crippen molar-refractivity contribution in [2.24, 2.45) is 0 Å². The Labute approximate surface area is 203 Å². The van der Waals surface area contributed by atoms with E-state index in [0.717, 1.165) is 16.3 Å². The number of aromatic nitrogens is 5. The van der Waals surface area contributed by atoms with Gasteiger partial charge in [0.25, 0.3) is 0 Å². The van der Waals surface area contributed by atoms with E-state index >= 15 is 0 Å². The number of pyridine rings is 1. The van der Waals surface area contributed by atoms with Crippen LogP contribution in [0.2, 0.25) is 0 Å². The van der Waals surface area contributed by atoms with Gasteiger partial charge in [0, 0.05) is 60.1 Å². The SMILES string of the molecule is CCNc1cc(F)cc2c1Cc1ncc(-c3cnc(C(C)(C)O)nc3)c(-n3ccc(C(F)(F)F)n3)c1-2. The minimum atomic E-state index is -4.64. The molecule has 0 fully saturated rings. The van der Waals surface area contributed by atoms with Crippen LogP contribution in [0.1, 0.15) is 43.5 Å². The number of nitrogens with one attached hydrogen (secondary N) is 1. The van der Waals surface area contributed by atoms with Gasteiger partial charge in [-0.2, -0.15) is 18.3 Å². The second-order valence-electron chi connectivity index (χ2n) is 9.03. The van der Waals surface area contributed by atoms with E-state index in [1.807, 2.05) is 6.92 Å². The predicted octanol–water partition coefficient (Wildman–Crippen LogP) is 5.11. The van der Waals surface area contributed by atoms with Crippen molar-refractivity contribution in [2.45, 2.75) is 39.0 Å².